The summed E-state index contributed by atoms with van der Waals surface area (Å²) in [5.41, 5.74) is 4.00. The minimum atomic E-state index is -0.359. The van der Waals surface area contributed by atoms with Gasteiger partial charge < -0.3 is 4.74 Å². The molecule has 2 aliphatic heterocycles. The third-order valence-electron chi connectivity index (χ3n) is 5.07. The molecule has 3 aromatic rings. The number of benzene rings is 3. The summed E-state index contributed by atoms with van der Waals surface area (Å²) in [4.78, 5) is 0. The lowest BCUT2D eigenvalue weighted by Gasteiger charge is -2.38. The third kappa shape index (κ3) is 3.04. The van der Waals surface area contributed by atoms with Gasteiger partial charge in [0, 0.05) is 27.6 Å². The Balaban J connectivity index is 1.63. The highest BCUT2D eigenvalue weighted by atomic mass is 35.5. The zero-order valence-electron chi connectivity index (χ0n) is 14.6. The van der Waals surface area contributed by atoms with E-state index in [1.165, 1.54) is 0 Å². The fraction of sp³-hybridized carbons (Fsp3) is 0.136. The number of hydrazone groups is 1. The lowest BCUT2D eigenvalue weighted by atomic mass is 9.96. The van der Waals surface area contributed by atoms with Crippen molar-refractivity contribution in [3.63, 3.8) is 0 Å². The van der Waals surface area contributed by atoms with Gasteiger partial charge in [0.25, 0.3) is 0 Å². The van der Waals surface area contributed by atoms with E-state index in [9.17, 15) is 0 Å². The van der Waals surface area contributed by atoms with Gasteiger partial charge in [-0.1, -0.05) is 77.3 Å². The van der Waals surface area contributed by atoms with Crippen LogP contribution < -0.4 is 4.74 Å². The Kier molecular flexibility index (Phi) is 4.47. The molecule has 0 aliphatic carbocycles. The van der Waals surface area contributed by atoms with Crippen molar-refractivity contribution < 1.29 is 4.74 Å². The Hall–Kier alpha value is -2.20. The van der Waals surface area contributed by atoms with Crippen molar-refractivity contribution in [1.29, 1.82) is 0 Å². The minimum Gasteiger partial charge on any atom is -0.463 e. The van der Waals surface area contributed by atoms with Gasteiger partial charge in [0.15, 0.2) is 0 Å². The van der Waals surface area contributed by atoms with Gasteiger partial charge in [0.1, 0.15) is 5.75 Å². The largest absolute Gasteiger partial charge is 0.463 e. The van der Waals surface area contributed by atoms with Crippen molar-refractivity contribution in [2.75, 3.05) is 0 Å². The summed E-state index contributed by atoms with van der Waals surface area (Å²) in [7, 11) is 0. The van der Waals surface area contributed by atoms with Crippen LogP contribution in [0.1, 0.15) is 35.4 Å². The summed E-state index contributed by atoms with van der Waals surface area (Å²) in [6.45, 7) is 0. The van der Waals surface area contributed by atoms with E-state index in [-0.39, 0.29) is 12.3 Å². The summed E-state index contributed by atoms with van der Waals surface area (Å²) in [6.07, 6.45) is 0.375. The number of nitrogens with zero attached hydrogens (tertiary/aromatic N) is 2. The van der Waals surface area contributed by atoms with Gasteiger partial charge in [-0.25, -0.2) is 5.01 Å². The van der Waals surface area contributed by atoms with E-state index < -0.39 is 0 Å². The van der Waals surface area contributed by atoms with Gasteiger partial charge in [-0.3, -0.25) is 0 Å². The quantitative estimate of drug-likeness (QED) is 0.443. The monoisotopic (exact) mass is 428 g/mol. The Morgan fingerprint density at radius 3 is 2.39 bits per heavy atom. The minimum absolute atomic E-state index is 0.00386. The first-order chi connectivity index (χ1) is 13.6. The van der Waals surface area contributed by atoms with Crippen LogP contribution in [-0.4, -0.2) is 10.7 Å². The van der Waals surface area contributed by atoms with Gasteiger partial charge >= 0.3 is 0 Å². The summed E-state index contributed by atoms with van der Waals surface area (Å²) in [6, 6.07) is 21.4. The predicted octanol–water partition coefficient (Wildman–Crippen LogP) is 6.89. The van der Waals surface area contributed by atoms with Crippen LogP contribution in [-0.2, 0) is 0 Å². The highest BCUT2D eigenvalue weighted by Crippen LogP contribution is 2.50. The molecule has 0 spiro atoms. The average molecular weight is 430 g/mol. The molecule has 2 atom stereocenters. The van der Waals surface area contributed by atoms with Gasteiger partial charge in [0.2, 0.25) is 6.23 Å². The highest BCUT2D eigenvalue weighted by Gasteiger charge is 2.42. The molecule has 0 unspecified atom stereocenters. The molecule has 0 bridgehead atoms. The van der Waals surface area contributed by atoms with Crippen molar-refractivity contribution in [2.45, 2.75) is 18.7 Å². The Labute approximate surface area is 178 Å². The molecule has 0 saturated carbocycles. The molecule has 140 valence electrons. The predicted molar refractivity (Wildman–Crippen MR) is 113 cm³/mol. The van der Waals surface area contributed by atoms with E-state index in [2.05, 4.69) is 0 Å². The third-order valence-corrected chi connectivity index (χ3v) is 5.82. The SMILES string of the molecule is Clc1ccc(C2=NN3[C@@H](C2)c2cc(Cl)cc(Cl)c2O[C@H]3c2ccccc2)cc1. The summed E-state index contributed by atoms with van der Waals surface area (Å²) in [5, 5.41) is 8.74. The standard InChI is InChI=1S/C22H15Cl3N2O/c23-15-8-6-13(7-9-15)19-12-20-17-10-16(24)11-18(25)21(17)28-22(27(20)26-19)14-4-2-1-3-5-14/h1-11,20,22H,12H2/t20-,22-/m0/s1. The van der Waals surface area contributed by atoms with Crippen molar-refractivity contribution >= 4 is 40.5 Å². The summed E-state index contributed by atoms with van der Waals surface area (Å²) < 4.78 is 6.33. The highest BCUT2D eigenvalue weighted by molar-refractivity contribution is 6.35. The second-order valence-corrected chi connectivity index (χ2v) is 8.12. The number of rotatable bonds is 2. The van der Waals surface area contributed by atoms with Crippen LogP contribution in [0.2, 0.25) is 15.1 Å². The number of fused-ring (bicyclic) bond motifs is 3. The molecule has 5 rings (SSSR count). The zero-order valence-corrected chi connectivity index (χ0v) is 16.9. The topological polar surface area (TPSA) is 24.8 Å². The molecule has 0 fully saturated rings. The molecular formula is C22H15Cl3N2O. The van der Waals surface area contributed by atoms with Gasteiger partial charge in [0.05, 0.1) is 16.8 Å². The van der Waals surface area contributed by atoms with Crippen LogP contribution in [0.3, 0.4) is 0 Å². The molecule has 0 amide bonds. The van der Waals surface area contributed by atoms with E-state index in [1.807, 2.05) is 65.7 Å². The van der Waals surface area contributed by atoms with Crippen LogP contribution in [0.4, 0.5) is 0 Å². The second-order valence-electron chi connectivity index (χ2n) is 6.84. The van der Waals surface area contributed by atoms with Crippen molar-refractivity contribution in [1.82, 2.24) is 5.01 Å². The first kappa shape index (κ1) is 17.9. The molecule has 6 heteroatoms. The molecule has 2 aliphatic rings. The van der Waals surface area contributed by atoms with Crippen LogP contribution in [0, 0.1) is 0 Å². The summed E-state index contributed by atoms with van der Waals surface area (Å²) in [5.74, 6) is 0.675. The second kappa shape index (κ2) is 7.00. The molecule has 0 radical (unpaired) electrons. The average Bonchev–Trinajstić information content (AvgIpc) is 3.14. The lowest BCUT2D eigenvalue weighted by Crippen LogP contribution is -2.33. The van der Waals surface area contributed by atoms with Crippen LogP contribution >= 0.6 is 34.8 Å². The van der Waals surface area contributed by atoms with E-state index in [1.54, 1.807) is 6.07 Å². The van der Waals surface area contributed by atoms with E-state index in [4.69, 9.17) is 44.6 Å². The smallest absolute Gasteiger partial charge is 0.213 e. The van der Waals surface area contributed by atoms with E-state index >= 15 is 0 Å². The zero-order chi connectivity index (χ0) is 19.3. The van der Waals surface area contributed by atoms with Crippen LogP contribution in [0.15, 0.2) is 71.8 Å². The Bertz CT molecular complexity index is 1070. The maximum Gasteiger partial charge on any atom is 0.213 e. The number of hydrogen-bond acceptors (Lipinski definition) is 3. The first-order valence-corrected chi connectivity index (χ1v) is 10.1. The number of halogens is 3. The van der Waals surface area contributed by atoms with E-state index in [0.29, 0.717) is 20.8 Å². The maximum absolute atomic E-state index is 6.48. The first-order valence-electron chi connectivity index (χ1n) is 8.92. The number of ether oxygens (including phenoxy) is 1. The van der Waals surface area contributed by atoms with Crippen LogP contribution in [0.5, 0.6) is 5.75 Å². The molecule has 3 aromatic carbocycles. The molecule has 28 heavy (non-hydrogen) atoms. The van der Waals surface area contributed by atoms with Gasteiger partial charge in [-0.05, 0) is 29.8 Å². The van der Waals surface area contributed by atoms with E-state index in [0.717, 1.165) is 28.8 Å². The van der Waals surface area contributed by atoms with Crippen LogP contribution in [0.25, 0.3) is 0 Å². The Morgan fingerprint density at radius 2 is 1.64 bits per heavy atom. The van der Waals surface area contributed by atoms with Gasteiger partial charge in [-0.2, -0.15) is 5.10 Å². The van der Waals surface area contributed by atoms with Gasteiger partial charge in [-0.15, -0.1) is 0 Å². The maximum atomic E-state index is 6.48. The lowest BCUT2D eigenvalue weighted by molar-refractivity contribution is -0.0189. The normalized spacial score (nSPS) is 20.2. The molecule has 0 aromatic heterocycles. The molecule has 3 nitrogen and oxygen atoms in total. The van der Waals surface area contributed by atoms with Crippen molar-refractivity contribution in [2.24, 2.45) is 5.10 Å². The fourth-order valence-electron chi connectivity index (χ4n) is 3.77. The Morgan fingerprint density at radius 1 is 0.893 bits per heavy atom. The van der Waals surface area contributed by atoms with Crippen molar-refractivity contribution in [3.8, 4) is 5.75 Å². The fourth-order valence-corrected chi connectivity index (χ4v) is 4.45. The summed E-state index contributed by atoms with van der Waals surface area (Å²) >= 11 is 18.8. The molecular weight excluding hydrogens is 415 g/mol. The van der Waals surface area contributed by atoms with Crippen molar-refractivity contribution in [3.05, 3.63) is 98.5 Å². The number of hydrogen-bond donors (Lipinski definition) is 0. The molecule has 0 N–H and O–H groups in total. The molecule has 2 heterocycles. The molecule has 0 saturated heterocycles.